The Hall–Kier alpha value is -2.17. The number of rotatable bonds is 7. The number of aryl methyl sites for hydroxylation is 1. The number of carbonyl (C=O) groups is 1. The summed E-state index contributed by atoms with van der Waals surface area (Å²) in [6.45, 7) is 11.1. The molecule has 0 bridgehead atoms. The van der Waals surface area contributed by atoms with Crippen LogP contribution in [0.5, 0.6) is 5.75 Å². The Kier molecular flexibility index (Phi) is 6.34. The summed E-state index contributed by atoms with van der Waals surface area (Å²) in [4.78, 5) is 15.2. The van der Waals surface area contributed by atoms with Gasteiger partial charge in [0, 0.05) is 29.2 Å². The molecule has 138 valence electrons. The Morgan fingerprint density at radius 2 is 2.04 bits per heavy atom. The number of hydrogen-bond acceptors (Lipinski definition) is 3. The van der Waals surface area contributed by atoms with Crippen LogP contribution in [0.1, 0.15) is 51.8 Å². The fraction of sp³-hybridized carbons (Fsp3) is 0.550. The minimum absolute atomic E-state index is 0.378. The van der Waals surface area contributed by atoms with Crippen LogP contribution in [0.2, 0.25) is 0 Å². The lowest BCUT2D eigenvalue weighted by Crippen LogP contribution is -2.33. The second kappa shape index (κ2) is 8.28. The van der Waals surface area contributed by atoms with Gasteiger partial charge in [0.1, 0.15) is 11.4 Å². The molecule has 0 unspecified atom stereocenters. The molecule has 1 aromatic carbocycles. The van der Waals surface area contributed by atoms with E-state index >= 15 is 0 Å². The predicted molar refractivity (Wildman–Crippen MR) is 101 cm³/mol. The average Bonchev–Trinajstić information content (AvgIpc) is 2.81. The van der Waals surface area contributed by atoms with Crippen molar-refractivity contribution in [3.8, 4) is 5.75 Å². The van der Waals surface area contributed by atoms with Gasteiger partial charge in [-0.05, 0) is 58.2 Å². The van der Waals surface area contributed by atoms with Crippen LogP contribution in [0.15, 0.2) is 18.2 Å². The minimum Gasteiger partial charge on any atom is -0.494 e. The molecule has 0 atom stereocenters. The van der Waals surface area contributed by atoms with Crippen molar-refractivity contribution in [3.05, 3.63) is 29.5 Å². The summed E-state index contributed by atoms with van der Waals surface area (Å²) in [5.74, 6) is 0.889. The summed E-state index contributed by atoms with van der Waals surface area (Å²) in [6, 6.07) is 6.14. The molecule has 0 aliphatic heterocycles. The number of aromatic nitrogens is 1. The number of ether oxygens (including phenoxy) is 2. The normalized spacial score (nSPS) is 11.6. The van der Waals surface area contributed by atoms with Gasteiger partial charge in [0.15, 0.2) is 0 Å². The first-order chi connectivity index (χ1) is 11.8. The molecule has 5 heteroatoms. The SMILES string of the molecule is CCCCOc1ccc2c(CCNC(=O)OC(C)(C)C)c(C)[nH]c2c1. The molecule has 0 aliphatic rings. The fourth-order valence-electron chi connectivity index (χ4n) is 2.72. The number of H-pyrrole nitrogens is 1. The van der Waals surface area contributed by atoms with Gasteiger partial charge in [-0.25, -0.2) is 4.79 Å². The summed E-state index contributed by atoms with van der Waals surface area (Å²) < 4.78 is 11.0. The van der Waals surface area contributed by atoms with E-state index in [2.05, 4.69) is 30.2 Å². The van der Waals surface area contributed by atoms with E-state index in [9.17, 15) is 4.79 Å². The number of amides is 1. The number of unbranched alkanes of at least 4 members (excludes halogenated alkanes) is 1. The molecule has 25 heavy (non-hydrogen) atoms. The molecule has 0 saturated heterocycles. The zero-order chi connectivity index (χ0) is 18.4. The smallest absolute Gasteiger partial charge is 0.407 e. The van der Waals surface area contributed by atoms with Crippen molar-refractivity contribution in [2.45, 2.75) is 59.5 Å². The molecule has 1 aromatic heterocycles. The van der Waals surface area contributed by atoms with Crippen LogP contribution < -0.4 is 10.1 Å². The van der Waals surface area contributed by atoms with E-state index in [0.29, 0.717) is 6.54 Å². The van der Waals surface area contributed by atoms with E-state index in [4.69, 9.17) is 9.47 Å². The largest absolute Gasteiger partial charge is 0.494 e. The van der Waals surface area contributed by atoms with Crippen LogP contribution in [0.25, 0.3) is 10.9 Å². The van der Waals surface area contributed by atoms with Crippen LogP contribution in [0, 0.1) is 6.92 Å². The number of aromatic amines is 1. The minimum atomic E-state index is -0.477. The highest BCUT2D eigenvalue weighted by molar-refractivity contribution is 5.86. The molecule has 0 saturated carbocycles. The third kappa shape index (κ3) is 5.69. The third-order valence-electron chi connectivity index (χ3n) is 3.90. The topological polar surface area (TPSA) is 63.4 Å². The van der Waals surface area contributed by atoms with Crippen LogP contribution in [0.3, 0.4) is 0 Å². The van der Waals surface area contributed by atoms with E-state index in [-0.39, 0.29) is 6.09 Å². The number of fused-ring (bicyclic) bond motifs is 1. The van der Waals surface area contributed by atoms with Crippen molar-refractivity contribution < 1.29 is 14.3 Å². The Morgan fingerprint density at radius 1 is 1.28 bits per heavy atom. The number of nitrogens with one attached hydrogen (secondary N) is 2. The van der Waals surface area contributed by atoms with Crippen molar-refractivity contribution >= 4 is 17.0 Å². The lowest BCUT2D eigenvalue weighted by atomic mass is 10.1. The molecule has 0 radical (unpaired) electrons. The quantitative estimate of drug-likeness (QED) is 0.713. The van der Waals surface area contributed by atoms with E-state index in [1.54, 1.807) is 0 Å². The second-order valence-electron chi connectivity index (χ2n) is 7.32. The fourth-order valence-corrected chi connectivity index (χ4v) is 2.72. The van der Waals surface area contributed by atoms with Crippen molar-refractivity contribution in [1.82, 2.24) is 10.3 Å². The van der Waals surface area contributed by atoms with Gasteiger partial charge >= 0.3 is 6.09 Å². The maximum atomic E-state index is 11.7. The number of alkyl carbamates (subject to hydrolysis) is 1. The molecule has 2 aromatic rings. The molecule has 0 aliphatic carbocycles. The zero-order valence-corrected chi connectivity index (χ0v) is 16.0. The van der Waals surface area contributed by atoms with Crippen molar-refractivity contribution in [2.75, 3.05) is 13.2 Å². The zero-order valence-electron chi connectivity index (χ0n) is 16.0. The van der Waals surface area contributed by atoms with Crippen molar-refractivity contribution in [1.29, 1.82) is 0 Å². The van der Waals surface area contributed by atoms with Crippen LogP contribution in [-0.2, 0) is 11.2 Å². The highest BCUT2D eigenvalue weighted by Crippen LogP contribution is 2.26. The van der Waals surface area contributed by atoms with Gasteiger partial charge in [0.2, 0.25) is 0 Å². The third-order valence-corrected chi connectivity index (χ3v) is 3.90. The molecular weight excluding hydrogens is 316 g/mol. The first kappa shape index (κ1) is 19.2. The monoisotopic (exact) mass is 346 g/mol. The second-order valence-corrected chi connectivity index (χ2v) is 7.32. The standard InChI is InChI=1S/C20H30N2O3/c1-6-7-12-24-15-8-9-17-16(14(2)22-18(17)13-15)10-11-21-19(23)25-20(3,4)5/h8-9,13,22H,6-7,10-12H2,1-5H3,(H,21,23). The average molecular weight is 346 g/mol. The molecule has 5 nitrogen and oxygen atoms in total. The summed E-state index contributed by atoms with van der Waals surface area (Å²) in [7, 11) is 0. The molecule has 2 N–H and O–H groups in total. The van der Waals surface area contributed by atoms with Gasteiger partial charge in [0.05, 0.1) is 6.61 Å². The van der Waals surface area contributed by atoms with E-state index in [0.717, 1.165) is 42.8 Å². The summed E-state index contributed by atoms with van der Waals surface area (Å²) >= 11 is 0. The molecule has 1 heterocycles. The van der Waals surface area contributed by atoms with Crippen molar-refractivity contribution in [3.63, 3.8) is 0 Å². The van der Waals surface area contributed by atoms with Gasteiger partial charge < -0.3 is 19.8 Å². The lowest BCUT2D eigenvalue weighted by Gasteiger charge is -2.19. The Bertz CT molecular complexity index is 714. The van der Waals surface area contributed by atoms with Crippen LogP contribution in [0.4, 0.5) is 4.79 Å². The molecule has 2 rings (SSSR count). The lowest BCUT2D eigenvalue weighted by molar-refractivity contribution is 0.0528. The van der Waals surface area contributed by atoms with E-state index in [1.807, 2.05) is 32.9 Å². The number of carbonyl (C=O) groups excluding carboxylic acids is 1. The van der Waals surface area contributed by atoms with Crippen LogP contribution >= 0.6 is 0 Å². The maximum Gasteiger partial charge on any atom is 0.407 e. The van der Waals surface area contributed by atoms with Crippen LogP contribution in [-0.4, -0.2) is 29.8 Å². The van der Waals surface area contributed by atoms with Gasteiger partial charge in [-0.15, -0.1) is 0 Å². The highest BCUT2D eigenvalue weighted by atomic mass is 16.6. The maximum absolute atomic E-state index is 11.7. The molecular formula is C20H30N2O3. The van der Waals surface area contributed by atoms with E-state index < -0.39 is 5.60 Å². The highest BCUT2D eigenvalue weighted by Gasteiger charge is 2.16. The summed E-state index contributed by atoms with van der Waals surface area (Å²) in [5.41, 5.74) is 2.92. The summed E-state index contributed by atoms with van der Waals surface area (Å²) in [6.07, 6.45) is 2.56. The van der Waals surface area contributed by atoms with E-state index in [1.165, 1.54) is 10.9 Å². The first-order valence-electron chi connectivity index (χ1n) is 9.01. The van der Waals surface area contributed by atoms with Crippen molar-refractivity contribution in [2.24, 2.45) is 0 Å². The van der Waals surface area contributed by atoms with Gasteiger partial charge in [0.25, 0.3) is 0 Å². The predicted octanol–water partition coefficient (Wildman–Crippen LogP) is 4.72. The van der Waals surface area contributed by atoms with Gasteiger partial charge in [-0.1, -0.05) is 13.3 Å². The van der Waals surface area contributed by atoms with Gasteiger partial charge in [-0.2, -0.15) is 0 Å². The molecule has 0 fully saturated rings. The van der Waals surface area contributed by atoms with Gasteiger partial charge in [-0.3, -0.25) is 0 Å². The number of hydrogen-bond donors (Lipinski definition) is 2. The first-order valence-corrected chi connectivity index (χ1v) is 9.01. The Morgan fingerprint density at radius 3 is 2.72 bits per heavy atom. The summed E-state index contributed by atoms with van der Waals surface area (Å²) in [5, 5.41) is 3.99. The Labute approximate surface area is 150 Å². The molecule has 0 spiro atoms. The number of benzene rings is 1. The molecule has 1 amide bonds. The Balaban J connectivity index is 1.99.